The topological polar surface area (TPSA) is 69.3 Å². The van der Waals surface area contributed by atoms with Crippen LogP contribution in [-0.4, -0.2) is 18.9 Å². The highest BCUT2D eigenvalue weighted by Gasteiger charge is 2.17. The first-order valence-electron chi connectivity index (χ1n) is 9.42. The maximum Gasteiger partial charge on any atom is 0.263 e. The molecule has 5 rings (SSSR count). The first-order valence-corrected chi connectivity index (χ1v) is 12.2. The van der Waals surface area contributed by atoms with Gasteiger partial charge in [-0.3, -0.25) is 18.6 Å². The van der Waals surface area contributed by atoms with E-state index >= 15 is 0 Å². The minimum atomic E-state index is -0.132. The Morgan fingerprint density at radius 2 is 2.03 bits per heavy atom. The highest BCUT2D eigenvalue weighted by atomic mass is 32.2. The summed E-state index contributed by atoms with van der Waals surface area (Å²) < 4.78 is 3.14. The molecule has 0 saturated heterocycles. The van der Waals surface area contributed by atoms with Crippen LogP contribution in [0.25, 0.3) is 26.3 Å². The number of rotatable bonds is 6. The fraction of sp³-hybridized carbons (Fsp3) is 0.0909. The lowest BCUT2D eigenvalue weighted by Gasteiger charge is -2.10. The van der Waals surface area contributed by atoms with Crippen LogP contribution in [0.5, 0.6) is 0 Å². The van der Waals surface area contributed by atoms with Gasteiger partial charge in [-0.25, -0.2) is 9.97 Å². The molecule has 0 aliphatic heterocycles. The Hall–Kier alpha value is -3.01. The fourth-order valence-corrected chi connectivity index (χ4v) is 6.04. The smallest absolute Gasteiger partial charge is 0.263 e. The minimum Gasteiger partial charge on any atom is -0.283 e. The van der Waals surface area contributed by atoms with Gasteiger partial charge in [-0.2, -0.15) is 0 Å². The van der Waals surface area contributed by atoms with Crippen LogP contribution in [-0.2, 0) is 12.3 Å². The molecular weight excluding hydrogens is 448 g/mol. The SMILES string of the molecule is C=CCn1c(SCc2cc(=O)n3ccccc3n2)nc2scc(-c3cccs3)c2c1=O. The Balaban J connectivity index is 1.55. The van der Waals surface area contributed by atoms with Crippen LogP contribution in [0.15, 0.2) is 80.8 Å². The Labute approximate surface area is 189 Å². The van der Waals surface area contributed by atoms with Crippen LogP contribution >= 0.6 is 34.4 Å². The van der Waals surface area contributed by atoms with Crippen LogP contribution in [0.2, 0.25) is 0 Å². The third-order valence-corrected chi connectivity index (χ3v) is 7.52. The molecule has 5 heterocycles. The van der Waals surface area contributed by atoms with E-state index in [0.717, 1.165) is 10.4 Å². The minimum absolute atomic E-state index is 0.0800. The Morgan fingerprint density at radius 3 is 2.84 bits per heavy atom. The van der Waals surface area contributed by atoms with Crippen molar-refractivity contribution in [3.63, 3.8) is 0 Å². The lowest BCUT2D eigenvalue weighted by atomic mass is 10.2. The van der Waals surface area contributed by atoms with E-state index < -0.39 is 0 Å². The molecule has 0 radical (unpaired) electrons. The summed E-state index contributed by atoms with van der Waals surface area (Å²) in [6, 6.07) is 10.9. The molecular formula is C22H16N4O2S3. The summed E-state index contributed by atoms with van der Waals surface area (Å²) in [5.41, 5.74) is 1.95. The molecule has 0 aliphatic carbocycles. The maximum atomic E-state index is 13.4. The molecule has 6 nitrogen and oxygen atoms in total. The lowest BCUT2D eigenvalue weighted by Crippen LogP contribution is -2.22. The molecule has 9 heteroatoms. The van der Waals surface area contributed by atoms with Crippen LogP contribution < -0.4 is 11.1 Å². The van der Waals surface area contributed by atoms with Gasteiger partial charge in [0.25, 0.3) is 11.1 Å². The Bertz CT molecular complexity index is 1530. The van der Waals surface area contributed by atoms with Crippen LogP contribution in [0.3, 0.4) is 0 Å². The predicted octanol–water partition coefficient (Wildman–Crippen LogP) is 4.67. The molecule has 0 N–H and O–H groups in total. The Morgan fingerprint density at radius 1 is 1.13 bits per heavy atom. The number of fused-ring (bicyclic) bond motifs is 2. The molecule has 31 heavy (non-hydrogen) atoms. The molecule has 0 aliphatic rings. The molecule has 0 fully saturated rings. The van der Waals surface area contributed by atoms with Gasteiger partial charge >= 0.3 is 0 Å². The molecule has 0 atom stereocenters. The maximum absolute atomic E-state index is 13.4. The van der Waals surface area contributed by atoms with Crippen molar-refractivity contribution >= 4 is 50.3 Å². The standard InChI is InChI=1S/C22H16N4O2S3/c1-2-8-26-21(28)19-15(16-6-5-10-29-16)13-30-20(19)24-22(26)31-12-14-11-18(27)25-9-4-3-7-17(25)23-14/h2-7,9-11,13H,1,8,12H2. The van der Waals surface area contributed by atoms with Gasteiger partial charge in [-0.05, 0) is 23.6 Å². The molecule has 0 aromatic carbocycles. The number of allylic oxidation sites excluding steroid dienone is 1. The summed E-state index contributed by atoms with van der Waals surface area (Å²) in [6.45, 7) is 4.15. The number of thiophene rings is 2. The summed E-state index contributed by atoms with van der Waals surface area (Å²) in [4.78, 5) is 36.8. The number of hydrogen-bond acceptors (Lipinski definition) is 7. The van der Waals surface area contributed by atoms with Gasteiger partial charge in [0.2, 0.25) is 0 Å². The van der Waals surface area contributed by atoms with E-state index in [2.05, 4.69) is 11.6 Å². The molecule has 0 saturated carbocycles. The number of pyridine rings is 1. The van der Waals surface area contributed by atoms with Gasteiger partial charge in [0.1, 0.15) is 10.5 Å². The van der Waals surface area contributed by atoms with Crippen LogP contribution in [0.4, 0.5) is 0 Å². The quantitative estimate of drug-likeness (QED) is 0.207. The first kappa shape index (κ1) is 19.9. The van der Waals surface area contributed by atoms with E-state index in [9.17, 15) is 9.59 Å². The van der Waals surface area contributed by atoms with Crippen molar-refractivity contribution < 1.29 is 0 Å². The summed E-state index contributed by atoms with van der Waals surface area (Å²) in [7, 11) is 0. The zero-order chi connectivity index (χ0) is 21.4. The second-order valence-electron chi connectivity index (χ2n) is 6.71. The van der Waals surface area contributed by atoms with E-state index in [1.165, 1.54) is 33.6 Å². The summed E-state index contributed by atoms with van der Waals surface area (Å²) >= 11 is 4.47. The van der Waals surface area contributed by atoms with Gasteiger partial charge in [0.15, 0.2) is 5.16 Å². The van der Waals surface area contributed by atoms with Gasteiger partial charge in [0, 0.05) is 40.4 Å². The van der Waals surface area contributed by atoms with Crippen molar-refractivity contribution in [2.45, 2.75) is 17.5 Å². The molecule has 5 aromatic heterocycles. The average molecular weight is 465 g/mol. The number of thioether (sulfide) groups is 1. The van der Waals surface area contributed by atoms with Crippen molar-refractivity contribution in [1.82, 2.24) is 18.9 Å². The molecule has 154 valence electrons. The third kappa shape index (κ3) is 3.65. The monoisotopic (exact) mass is 464 g/mol. The molecule has 0 unspecified atom stereocenters. The van der Waals surface area contributed by atoms with E-state index in [0.29, 0.717) is 39.0 Å². The summed E-state index contributed by atoms with van der Waals surface area (Å²) in [5.74, 6) is 0.429. The summed E-state index contributed by atoms with van der Waals surface area (Å²) in [6.07, 6.45) is 3.39. The second kappa shape index (κ2) is 8.26. The zero-order valence-corrected chi connectivity index (χ0v) is 18.7. The van der Waals surface area contributed by atoms with Crippen molar-refractivity contribution in [3.05, 3.63) is 92.4 Å². The molecule has 0 spiro atoms. The van der Waals surface area contributed by atoms with Crippen molar-refractivity contribution in [2.24, 2.45) is 0 Å². The van der Waals surface area contributed by atoms with Gasteiger partial charge in [-0.1, -0.05) is 30.0 Å². The predicted molar refractivity (Wildman–Crippen MR) is 128 cm³/mol. The zero-order valence-electron chi connectivity index (χ0n) is 16.2. The third-order valence-electron chi connectivity index (χ3n) is 4.73. The number of nitrogens with zero attached hydrogens (tertiary/aromatic N) is 4. The van der Waals surface area contributed by atoms with Crippen molar-refractivity contribution in [2.75, 3.05) is 0 Å². The molecule has 0 amide bonds. The van der Waals surface area contributed by atoms with E-state index in [1.807, 2.05) is 29.0 Å². The lowest BCUT2D eigenvalue weighted by molar-refractivity contribution is 0.673. The molecule has 5 aromatic rings. The largest absolute Gasteiger partial charge is 0.283 e. The van der Waals surface area contributed by atoms with Gasteiger partial charge in [-0.15, -0.1) is 29.3 Å². The summed E-state index contributed by atoms with van der Waals surface area (Å²) in [5, 5.41) is 5.22. The normalized spacial score (nSPS) is 11.4. The van der Waals surface area contributed by atoms with Crippen molar-refractivity contribution in [3.8, 4) is 10.4 Å². The van der Waals surface area contributed by atoms with Crippen molar-refractivity contribution in [1.29, 1.82) is 0 Å². The highest BCUT2D eigenvalue weighted by molar-refractivity contribution is 7.98. The van der Waals surface area contributed by atoms with Crippen LogP contribution in [0.1, 0.15) is 5.69 Å². The van der Waals surface area contributed by atoms with Crippen LogP contribution in [0, 0.1) is 0 Å². The highest BCUT2D eigenvalue weighted by Crippen LogP contribution is 2.34. The number of hydrogen-bond donors (Lipinski definition) is 0. The van der Waals surface area contributed by atoms with E-state index in [-0.39, 0.29) is 11.1 Å². The first-order chi connectivity index (χ1) is 15.2. The fourth-order valence-electron chi connectivity index (χ4n) is 3.33. The number of aromatic nitrogens is 4. The molecule has 0 bridgehead atoms. The van der Waals surface area contributed by atoms with E-state index in [4.69, 9.17) is 4.98 Å². The Kier molecular flexibility index (Phi) is 5.31. The second-order valence-corrected chi connectivity index (χ2v) is 9.46. The van der Waals surface area contributed by atoms with Gasteiger partial charge < -0.3 is 0 Å². The average Bonchev–Trinajstić information content (AvgIpc) is 3.44. The van der Waals surface area contributed by atoms with E-state index in [1.54, 1.807) is 40.3 Å². The van der Waals surface area contributed by atoms with Gasteiger partial charge in [0.05, 0.1) is 11.1 Å².